The molecule has 1 amide bonds. The first-order valence-corrected chi connectivity index (χ1v) is 9.61. The van der Waals surface area contributed by atoms with Gasteiger partial charge in [-0.25, -0.2) is 0 Å². The molecule has 4 heteroatoms. The number of rotatable bonds is 6. The smallest absolute Gasteiger partial charge is 0.265 e. The number of carbonyl (C=O) groups excluding carboxylic acids is 2. The van der Waals surface area contributed by atoms with Crippen LogP contribution in [-0.2, 0) is 4.79 Å². The lowest BCUT2D eigenvalue weighted by Gasteiger charge is -2.19. The Bertz CT molecular complexity index is 1040. The Morgan fingerprint density at radius 2 is 1.55 bits per heavy atom. The fraction of sp³-hybridized carbons (Fsp3) is 0.200. The van der Waals surface area contributed by atoms with Gasteiger partial charge in [0.25, 0.3) is 5.91 Å². The van der Waals surface area contributed by atoms with E-state index in [2.05, 4.69) is 11.4 Å². The number of ether oxygens (including phenoxy) is 1. The summed E-state index contributed by atoms with van der Waals surface area (Å²) in [5, 5.41) is 2.85. The van der Waals surface area contributed by atoms with Crippen molar-refractivity contribution >= 4 is 17.4 Å². The van der Waals surface area contributed by atoms with Gasteiger partial charge in [-0.05, 0) is 62.6 Å². The average Bonchev–Trinajstić information content (AvgIpc) is 2.72. The Morgan fingerprint density at radius 1 is 0.897 bits per heavy atom. The van der Waals surface area contributed by atoms with Crippen molar-refractivity contribution in [2.45, 2.75) is 33.8 Å². The molecule has 3 rings (SSSR count). The third kappa shape index (κ3) is 4.72. The van der Waals surface area contributed by atoms with E-state index in [9.17, 15) is 9.59 Å². The summed E-state index contributed by atoms with van der Waals surface area (Å²) in [5.74, 6) is 0.246. The number of benzene rings is 3. The monoisotopic (exact) mass is 387 g/mol. The molecule has 0 bridgehead atoms. The number of anilines is 1. The Labute approximate surface area is 171 Å². The minimum Gasteiger partial charge on any atom is -0.481 e. The molecule has 1 unspecified atom stereocenters. The molecule has 0 aromatic heterocycles. The molecule has 0 aliphatic rings. The van der Waals surface area contributed by atoms with Gasteiger partial charge in [-0.2, -0.15) is 0 Å². The summed E-state index contributed by atoms with van der Waals surface area (Å²) in [6, 6.07) is 20.0. The molecule has 0 aliphatic heterocycles. The minimum atomic E-state index is -0.713. The summed E-state index contributed by atoms with van der Waals surface area (Å²) in [7, 11) is 0. The number of para-hydroxylation sites is 1. The van der Waals surface area contributed by atoms with Gasteiger partial charge in [0.15, 0.2) is 11.9 Å². The van der Waals surface area contributed by atoms with Crippen molar-refractivity contribution in [1.82, 2.24) is 0 Å². The molecular weight excluding hydrogens is 362 g/mol. The summed E-state index contributed by atoms with van der Waals surface area (Å²) >= 11 is 0. The number of aryl methyl sites for hydroxylation is 2. The molecule has 0 fully saturated rings. The lowest BCUT2D eigenvalue weighted by Crippen LogP contribution is -2.31. The Balaban J connectivity index is 1.78. The van der Waals surface area contributed by atoms with Crippen LogP contribution in [0.25, 0.3) is 0 Å². The van der Waals surface area contributed by atoms with Gasteiger partial charge in [0.1, 0.15) is 5.75 Å². The molecule has 1 atom stereocenters. The summed E-state index contributed by atoms with van der Waals surface area (Å²) in [6.07, 6.45) is -0.713. The Hall–Kier alpha value is -3.40. The number of ketones is 1. The highest BCUT2D eigenvalue weighted by molar-refractivity contribution is 6.14. The van der Waals surface area contributed by atoms with Crippen molar-refractivity contribution in [3.05, 3.63) is 94.5 Å². The maximum Gasteiger partial charge on any atom is 0.265 e. The van der Waals surface area contributed by atoms with Gasteiger partial charge >= 0.3 is 0 Å². The number of hydrogen-bond donors (Lipinski definition) is 1. The molecule has 148 valence electrons. The third-order valence-corrected chi connectivity index (χ3v) is 4.90. The predicted molar refractivity (Wildman–Crippen MR) is 116 cm³/mol. The van der Waals surface area contributed by atoms with E-state index >= 15 is 0 Å². The summed E-state index contributed by atoms with van der Waals surface area (Å²) in [5.41, 5.74) is 4.70. The third-order valence-electron chi connectivity index (χ3n) is 4.90. The van der Waals surface area contributed by atoms with Crippen molar-refractivity contribution in [2.75, 3.05) is 5.32 Å². The van der Waals surface area contributed by atoms with Crippen molar-refractivity contribution in [2.24, 2.45) is 0 Å². The second-order valence-electron chi connectivity index (χ2n) is 7.20. The number of amides is 1. The van der Waals surface area contributed by atoms with Gasteiger partial charge in [-0.1, -0.05) is 48.5 Å². The highest BCUT2D eigenvalue weighted by Crippen LogP contribution is 2.25. The highest BCUT2D eigenvalue weighted by Gasteiger charge is 2.20. The fourth-order valence-electron chi connectivity index (χ4n) is 3.14. The van der Waals surface area contributed by atoms with Crippen LogP contribution in [0, 0.1) is 20.8 Å². The average molecular weight is 387 g/mol. The van der Waals surface area contributed by atoms with E-state index < -0.39 is 6.10 Å². The zero-order valence-electron chi connectivity index (χ0n) is 17.2. The lowest BCUT2D eigenvalue weighted by atomic mass is 10.0. The summed E-state index contributed by atoms with van der Waals surface area (Å²) in [4.78, 5) is 25.6. The second kappa shape index (κ2) is 8.74. The van der Waals surface area contributed by atoms with E-state index in [-0.39, 0.29) is 11.7 Å². The second-order valence-corrected chi connectivity index (χ2v) is 7.20. The van der Waals surface area contributed by atoms with E-state index in [1.54, 1.807) is 43.3 Å². The SMILES string of the molecule is Cc1cc(C)c(C)c(OC(C)C(=O)Nc2ccccc2C(=O)c2ccccc2)c1. The van der Waals surface area contributed by atoms with Crippen LogP contribution in [0.15, 0.2) is 66.7 Å². The van der Waals surface area contributed by atoms with Crippen molar-refractivity contribution in [3.8, 4) is 5.75 Å². The van der Waals surface area contributed by atoms with E-state index in [4.69, 9.17) is 4.74 Å². The summed E-state index contributed by atoms with van der Waals surface area (Å²) < 4.78 is 5.93. The van der Waals surface area contributed by atoms with Crippen LogP contribution >= 0.6 is 0 Å². The molecule has 0 radical (unpaired) electrons. The van der Waals surface area contributed by atoms with Gasteiger partial charge < -0.3 is 10.1 Å². The van der Waals surface area contributed by atoms with Gasteiger partial charge in [-0.15, -0.1) is 0 Å². The van der Waals surface area contributed by atoms with E-state index in [1.165, 1.54) is 0 Å². The summed E-state index contributed by atoms with van der Waals surface area (Å²) in [6.45, 7) is 7.69. The lowest BCUT2D eigenvalue weighted by molar-refractivity contribution is -0.122. The van der Waals surface area contributed by atoms with Gasteiger partial charge in [0.2, 0.25) is 0 Å². The van der Waals surface area contributed by atoms with Gasteiger partial charge in [-0.3, -0.25) is 9.59 Å². The van der Waals surface area contributed by atoms with Crippen molar-refractivity contribution in [1.29, 1.82) is 0 Å². The largest absolute Gasteiger partial charge is 0.481 e. The predicted octanol–water partition coefficient (Wildman–Crippen LogP) is 5.25. The Kier molecular flexibility index (Phi) is 6.13. The van der Waals surface area contributed by atoms with Crippen molar-refractivity contribution < 1.29 is 14.3 Å². The standard InChI is InChI=1S/C25H25NO3/c1-16-14-17(2)18(3)23(15-16)29-19(4)25(28)26-22-13-9-8-12-21(22)24(27)20-10-6-5-7-11-20/h5-15,19H,1-4H3,(H,26,28). The normalized spacial score (nSPS) is 11.6. The first-order chi connectivity index (χ1) is 13.9. The van der Waals surface area contributed by atoms with Gasteiger partial charge in [0.05, 0.1) is 5.69 Å². The quantitative estimate of drug-likeness (QED) is 0.588. The zero-order chi connectivity index (χ0) is 21.0. The molecule has 3 aromatic rings. The molecule has 29 heavy (non-hydrogen) atoms. The molecule has 1 N–H and O–H groups in total. The number of nitrogens with one attached hydrogen (secondary N) is 1. The van der Waals surface area contributed by atoms with Crippen LogP contribution in [0.5, 0.6) is 5.75 Å². The molecule has 0 spiro atoms. The maximum absolute atomic E-state index is 12.8. The molecule has 0 aliphatic carbocycles. The molecule has 0 heterocycles. The van der Waals surface area contributed by atoms with Crippen LogP contribution < -0.4 is 10.1 Å². The first-order valence-electron chi connectivity index (χ1n) is 9.61. The van der Waals surface area contributed by atoms with E-state index in [0.717, 1.165) is 16.7 Å². The Morgan fingerprint density at radius 3 is 2.28 bits per heavy atom. The molecule has 3 aromatic carbocycles. The fourth-order valence-corrected chi connectivity index (χ4v) is 3.14. The highest BCUT2D eigenvalue weighted by atomic mass is 16.5. The molecular formula is C25H25NO3. The molecule has 0 saturated carbocycles. The first kappa shape index (κ1) is 20.3. The van der Waals surface area contributed by atoms with Gasteiger partial charge in [0, 0.05) is 11.1 Å². The van der Waals surface area contributed by atoms with Crippen LogP contribution in [0.1, 0.15) is 39.5 Å². The van der Waals surface area contributed by atoms with E-state index in [0.29, 0.717) is 22.6 Å². The van der Waals surface area contributed by atoms with Crippen LogP contribution in [0.4, 0.5) is 5.69 Å². The maximum atomic E-state index is 12.8. The number of hydrogen-bond acceptors (Lipinski definition) is 3. The van der Waals surface area contributed by atoms with Crippen molar-refractivity contribution in [3.63, 3.8) is 0 Å². The topological polar surface area (TPSA) is 55.4 Å². The zero-order valence-corrected chi connectivity index (χ0v) is 17.2. The molecule has 0 saturated heterocycles. The van der Waals surface area contributed by atoms with Crippen LogP contribution in [-0.4, -0.2) is 17.8 Å². The minimum absolute atomic E-state index is 0.139. The van der Waals surface area contributed by atoms with Crippen LogP contribution in [0.2, 0.25) is 0 Å². The van der Waals surface area contributed by atoms with E-state index in [1.807, 2.05) is 45.0 Å². The number of carbonyl (C=O) groups is 2. The molecule has 4 nitrogen and oxygen atoms in total. The van der Waals surface area contributed by atoms with Crippen LogP contribution in [0.3, 0.4) is 0 Å².